The fourth-order valence-electron chi connectivity index (χ4n) is 1.80. The lowest BCUT2D eigenvalue weighted by atomic mass is 10.1. The van der Waals surface area contributed by atoms with E-state index in [4.69, 9.17) is 5.73 Å². The molecular weight excluding hydrogens is 178 g/mol. The summed E-state index contributed by atoms with van der Waals surface area (Å²) in [5.74, 6) is 0. The Balaban J connectivity index is 2.41. The van der Waals surface area contributed by atoms with Gasteiger partial charge in [0.15, 0.2) is 0 Å². The SMILES string of the molecule is CN1CCc2cc(N)c(=O)[nH]c2CC1. The first-order valence-corrected chi connectivity index (χ1v) is 4.86. The first-order chi connectivity index (χ1) is 6.66. The summed E-state index contributed by atoms with van der Waals surface area (Å²) in [6.07, 6.45) is 1.87. The average molecular weight is 193 g/mol. The van der Waals surface area contributed by atoms with Gasteiger partial charge in [-0.15, -0.1) is 0 Å². The smallest absolute Gasteiger partial charge is 0.271 e. The van der Waals surface area contributed by atoms with Crippen LogP contribution in [-0.2, 0) is 12.8 Å². The van der Waals surface area contributed by atoms with Crippen molar-refractivity contribution in [2.45, 2.75) is 12.8 Å². The second kappa shape index (κ2) is 3.46. The highest BCUT2D eigenvalue weighted by atomic mass is 16.1. The maximum Gasteiger partial charge on any atom is 0.271 e. The van der Waals surface area contributed by atoms with Gasteiger partial charge >= 0.3 is 0 Å². The number of hydrogen-bond donors (Lipinski definition) is 2. The summed E-state index contributed by atoms with van der Waals surface area (Å²) < 4.78 is 0. The number of aromatic nitrogens is 1. The highest BCUT2D eigenvalue weighted by Crippen LogP contribution is 2.13. The minimum absolute atomic E-state index is 0.159. The van der Waals surface area contributed by atoms with E-state index in [0.717, 1.165) is 31.6 Å². The Morgan fingerprint density at radius 1 is 1.43 bits per heavy atom. The molecule has 0 spiro atoms. The van der Waals surface area contributed by atoms with Gasteiger partial charge in [-0.2, -0.15) is 0 Å². The molecule has 1 aromatic heterocycles. The third-order valence-electron chi connectivity index (χ3n) is 2.75. The fourth-order valence-corrected chi connectivity index (χ4v) is 1.80. The van der Waals surface area contributed by atoms with Crippen molar-refractivity contribution in [1.29, 1.82) is 0 Å². The number of hydrogen-bond acceptors (Lipinski definition) is 3. The molecule has 0 saturated carbocycles. The molecular formula is C10H15N3O. The summed E-state index contributed by atoms with van der Waals surface area (Å²) in [4.78, 5) is 16.4. The van der Waals surface area contributed by atoms with Gasteiger partial charge in [-0.05, 0) is 25.1 Å². The van der Waals surface area contributed by atoms with Gasteiger partial charge in [0.05, 0.1) is 5.69 Å². The minimum atomic E-state index is -0.159. The second-order valence-electron chi connectivity index (χ2n) is 3.86. The Labute approximate surface area is 82.7 Å². The van der Waals surface area contributed by atoms with Crippen LogP contribution in [0, 0.1) is 0 Å². The molecule has 4 nitrogen and oxygen atoms in total. The number of rotatable bonds is 0. The van der Waals surface area contributed by atoms with E-state index in [9.17, 15) is 4.79 Å². The van der Waals surface area contributed by atoms with Crippen molar-refractivity contribution in [3.8, 4) is 0 Å². The average Bonchev–Trinajstić information content (AvgIpc) is 2.31. The van der Waals surface area contributed by atoms with Crippen LogP contribution < -0.4 is 11.3 Å². The monoisotopic (exact) mass is 193 g/mol. The summed E-state index contributed by atoms with van der Waals surface area (Å²) in [5.41, 5.74) is 7.98. The molecule has 0 fully saturated rings. The molecule has 2 rings (SSSR count). The van der Waals surface area contributed by atoms with E-state index in [0.29, 0.717) is 5.69 Å². The van der Waals surface area contributed by atoms with E-state index in [1.165, 1.54) is 5.56 Å². The predicted molar refractivity (Wildman–Crippen MR) is 56.4 cm³/mol. The van der Waals surface area contributed by atoms with E-state index in [1.54, 1.807) is 0 Å². The van der Waals surface area contributed by atoms with Crippen molar-refractivity contribution >= 4 is 5.69 Å². The number of nitrogen functional groups attached to an aromatic ring is 1. The van der Waals surface area contributed by atoms with Crippen LogP contribution in [0.25, 0.3) is 0 Å². The third kappa shape index (κ3) is 1.65. The van der Waals surface area contributed by atoms with E-state index >= 15 is 0 Å². The van der Waals surface area contributed by atoms with Crippen molar-refractivity contribution in [1.82, 2.24) is 9.88 Å². The first kappa shape index (κ1) is 9.27. The summed E-state index contributed by atoms with van der Waals surface area (Å²) in [5, 5.41) is 0. The highest BCUT2D eigenvalue weighted by molar-refractivity contribution is 5.40. The molecule has 4 heteroatoms. The van der Waals surface area contributed by atoms with Crippen molar-refractivity contribution in [2.75, 3.05) is 25.9 Å². The van der Waals surface area contributed by atoms with Gasteiger partial charge < -0.3 is 15.6 Å². The third-order valence-corrected chi connectivity index (χ3v) is 2.75. The number of fused-ring (bicyclic) bond motifs is 1. The summed E-state index contributed by atoms with van der Waals surface area (Å²) in [6, 6.07) is 1.81. The van der Waals surface area contributed by atoms with Crippen LogP contribution in [0.15, 0.2) is 10.9 Å². The zero-order valence-corrected chi connectivity index (χ0v) is 8.34. The number of aromatic amines is 1. The van der Waals surface area contributed by atoms with Gasteiger partial charge in [0, 0.05) is 25.2 Å². The van der Waals surface area contributed by atoms with Crippen LogP contribution in [-0.4, -0.2) is 30.0 Å². The Bertz CT molecular complexity index is 397. The standard InChI is InChI=1S/C10H15N3O/c1-13-4-2-7-6-8(11)10(14)12-9(7)3-5-13/h6H,2-5,11H2,1H3,(H,12,14). The van der Waals surface area contributed by atoms with Crippen LogP contribution >= 0.6 is 0 Å². The summed E-state index contributed by atoms with van der Waals surface area (Å²) >= 11 is 0. The second-order valence-corrected chi connectivity index (χ2v) is 3.86. The Morgan fingerprint density at radius 2 is 2.14 bits per heavy atom. The van der Waals surface area contributed by atoms with Gasteiger partial charge in [0.2, 0.25) is 0 Å². The van der Waals surface area contributed by atoms with E-state index < -0.39 is 0 Å². The lowest BCUT2D eigenvalue weighted by molar-refractivity contribution is 0.352. The number of nitrogens with zero attached hydrogens (tertiary/aromatic N) is 1. The Hall–Kier alpha value is -1.29. The van der Waals surface area contributed by atoms with Crippen LogP contribution in [0.4, 0.5) is 5.69 Å². The Kier molecular flexibility index (Phi) is 2.29. The van der Waals surface area contributed by atoms with Crippen LogP contribution in [0.3, 0.4) is 0 Å². The number of nitrogens with two attached hydrogens (primary N) is 1. The van der Waals surface area contributed by atoms with E-state index in [2.05, 4.69) is 16.9 Å². The number of pyridine rings is 1. The van der Waals surface area contributed by atoms with Crippen molar-refractivity contribution < 1.29 is 0 Å². The maximum absolute atomic E-state index is 11.3. The molecule has 3 N–H and O–H groups in total. The quantitative estimate of drug-likeness (QED) is 0.609. The molecule has 0 unspecified atom stereocenters. The van der Waals surface area contributed by atoms with E-state index in [-0.39, 0.29) is 5.56 Å². The number of H-pyrrole nitrogens is 1. The molecule has 1 aromatic rings. The molecule has 1 aliphatic heterocycles. The van der Waals surface area contributed by atoms with Crippen molar-refractivity contribution in [3.05, 3.63) is 27.7 Å². The topological polar surface area (TPSA) is 62.1 Å². The zero-order chi connectivity index (χ0) is 10.1. The predicted octanol–water partition coefficient (Wildman–Crippen LogP) is -0.0125. The van der Waals surface area contributed by atoms with Crippen molar-refractivity contribution in [2.24, 2.45) is 0 Å². The summed E-state index contributed by atoms with van der Waals surface area (Å²) in [7, 11) is 2.09. The molecule has 14 heavy (non-hydrogen) atoms. The summed E-state index contributed by atoms with van der Waals surface area (Å²) in [6.45, 7) is 2.02. The molecule has 0 aliphatic carbocycles. The number of likely N-dealkylation sites (N-methyl/N-ethyl adjacent to an activating group) is 1. The molecule has 2 heterocycles. The molecule has 0 amide bonds. The number of anilines is 1. The molecule has 0 bridgehead atoms. The van der Waals surface area contributed by atoms with E-state index in [1.807, 2.05) is 6.07 Å². The van der Waals surface area contributed by atoms with Crippen molar-refractivity contribution in [3.63, 3.8) is 0 Å². The lowest BCUT2D eigenvalue weighted by Crippen LogP contribution is -2.20. The molecule has 0 radical (unpaired) electrons. The largest absolute Gasteiger partial charge is 0.394 e. The van der Waals surface area contributed by atoms with Crippen LogP contribution in [0.5, 0.6) is 0 Å². The highest BCUT2D eigenvalue weighted by Gasteiger charge is 2.12. The van der Waals surface area contributed by atoms with Gasteiger partial charge in [-0.1, -0.05) is 0 Å². The molecule has 76 valence electrons. The van der Waals surface area contributed by atoms with Gasteiger partial charge in [0.1, 0.15) is 0 Å². The lowest BCUT2D eigenvalue weighted by Gasteiger charge is -2.10. The van der Waals surface area contributed by atoms with Gasteiger partial charge in [-0.25, -0.2) is 0 Å². The Morgan fingerprint density at radius 3 is 2.93 bits per heavy atom. The first-order valence-electron chi connectivity index (χ1n) is 4.86. The zero-order valence-electron chi connectivity index (χ0n) is 8.34. The molecule has 0 atom stereocenters. The molecule has 0 saturated heterocycles. The van der Waals surface area contributed by atoms with Gasteiger partial charge in [-0.3, -0.25) is 4.79 Å². The molecule has 1 aliphatic rings. The minimum Gasteiger partial charge on any atom is -0.394 e. The molecule has 0 aromatic carbocycles. The maximum atomic E-state index is 11.3. The fraction of sp³-hybridized carbons (Fsp3) is 0.500. The van der Waals surface area contributed by atoms with Crippen LogP contribution in [0.2, 0.25) is 0 Å². The number of nitrogens with one attached hydrogen (secondary N) is 1. The normalized spacial score (nSPS) is 17.5. The van der Waals surface area contributed by atoms with Crippen LogP contribution in [0.1, 0.15) is 11.3 Å². The van der Waals surface area contributed by atoms with Gasteiger partial charge in [0.25, 0.3) is 5.56 Å².